The fraction of sp³-hybridized carbons (Fsp3) is 1.00. The number of rotatable bonds is 1. The SMILES string of the molecule is CN1CCC(C2CNCC3(CCOCC3)C2)C1. The van der Waals surface area contributed by atoms with Gasteiger partial charge in [0.15, 0.2) is 0 Å². The van der Waals surface area contributed by atoms with Crippen molar-refractivity contribution in [3.63, 3.8) is 0 Å². The van der Waals surface area contributed by atoms with Gasteiger partial charge in [0, 0.05) is 26.3 Å². The van der Waals surface area contributed by atoms with E-state index in [1.54, 1.807) is 0 Å². The van der Waals surface area contributed by atoms with Crippen LogP contribution in [0, 0.1) is 17.3 Å². The van der Waals surface area contributed by atoms with Crippen molar-refractivity contribution in [2.45, 2.75) is 25.7 Å². The van der Waals surface area contributed by atoms with Crippen LogP contribution in [0.4, 0.5) is 0 Å². The van der Waals surface area contributed by atoms with Crippen LogP contribution in [0.3, 0.4) is 0 Å². The van der Waals surface area contributed by atoms with E-state index in [2.05, 4.69) is 17.3 Å². The summed E-state index contributed by atoms with van der Waals surface area (Å²) in [6.07, 6.45) is 5.41. The molecule has 0 amide bonds. The Morgan fingerprint density at radius 3 is 2.76 bits per heavy atom. The minimum atomic E-state index is 0.572. The molecule has 0 aromatic carbocycles. The molecule has 3 rings (SSSR count). The van der Waals surface area contributed by atoms with Crippen molar-refractivity contribution in [1.82, 2.24) is 10.2 Å². The third kappa shape index (κ3) is 2.51. The Balaban J connectivity index is 1.62. The standard InChI is InChI=1S/C14H26N2O/c1-16-5-2-12(10-16)13-8-14(11-15-9-13)3-6-17-7-4-14/h12-13,15H,2-11H2,1H3. The summed E-state index contributed by atoms with van der Waals surface area (Å²) in [7, 11) is 2.26. The van der Waals surface area contributed by atoms with E-state index in [1.807, 2.05) is 0 Å². The Kier molecular flexibility index (Phi) is 3.42. The first-order chi connectivity index (χ1) is 8.27. The molecule has 98 valence electrons. The average molecular weight is 238 g/mol. The minimum absolute atomic E-state index is 0.572. The topological polar surface area (TPSA) is 24.5 Å². The summed E-state index contributed by atoms with van der Waals surface area (Å²) in [6, 6.07) is 0. The highest BCUT2D eigenvalue weighted by molar-refractivity contribution is 4.94. The van der Waals surface area contributed by atoms with Gasteiger partial charge in [-0.2, -0.15) is 0 Å². The molecule has 2 atom stereocenters. The number of hydrogen-bond donors (Lipinski definition) is 1. The monoisotopic (exact) mass is 238 g/mol. The van der Waals surface area contributed by atoms with E-state index in [9.17, 15) is 0 Å². The molecule has 3 saturated heterocycles. The first-order valence-electron chi connectivity index (χ1n) is 7.24. The predicted molar refractivity (Wildman–Crippen MR) is 69.1 cm³/mol. The quantitative estimate of drug-likeness (QED) is 0.746. The van der Waals surface area contributed by atoms with E-state index < -0.39 is 0 Å². The van der Waals surface area contributed by atoms with Crippen molar-refractivity contribution in [2.24, 2.45) is 17.3 Å². The van der Waals surface area contributed by atoms with Gasteiger partial charge in [0.2, 0.25) is 0 Å². The maximum absolute atomic E-state index is 5.54. The maximum Gasteiger partial charge on any atom is 0.0471 e. The molecule has 0 bridgehead atoms. The van der Waals surface area contributed by atoms with Crippen molar-refractivity contribution in [2.75, 3.05) is 46.4 Å². The van der Waals surface area contributed by atoms with Gasteiger partial charge >= 0.3 is 0 Å². The normalized spacial score (nSPS) is 38.6. The molecule has 0 aromatic heterocycles. The molecule has 3 nitrogen and oxygen atoms in total. The van der Waals surface area contributed by atoms with Gasteiger partial charge in [-0.25, -0.2) is 0 Å². The molecule has 0 aliphatic carbocycles. The molecule has 3 heteroatoms. The first-order valence-corrected chi connectivity index (χ1v) is 7.24. The summed E-state index contributed by atoms with van der Waals surface area (Å²) in [5.74, 6) is 1.85. The summed E-state index contributed by atoms with van der Waals surface area (Å²) < 4.78 is 5.54. The van der Waals surface area contributed by atoms with E-state index in [0.29, 0.717) is 5.41 Å². The Morgan fingerprint density at radius 2 is 2.06 bits per heavy atom. The second-order valence-corrected chi connectivity index (χ2v) is 6.52. The van der Waals surface area contributed by atoms with Gasteiger partial charge in [0.25, 0.3) is 0 Å². The second kappa shape index (κ2) is 4.87. The van der Waals surface area contributed by atoms with E-state index in [4.69, 9.17) is 4.74 Å². The highest BCUT2D eigenvalue weighted by atomic mass is 16.5. The Hall–Kier alpha value is -0.120. The molecule has 0 saturated carbocycles. The van der Waals surface area contributed by atoms with Gasteiger partial charge in [-0.1, -0.05) is 0 Å². The fourth-order valence-corrected chi connectivity index (χ4v) is 4.10. The van der Waals surface area contributed by atoms with Gasteiger partial charge in [0.1, 0.15) is 0 Å². The van der Waals surface area contributed by atoms with E-state index in [-0.39, 0.29) is 0 Å². The van der Waals surface area contributed by atoms with Crippen LogP contribution in [0.1, 0.15) is 25.7 Å². The van der Waals surface area contributed by atoms with Crippen LogP contribution in [-0.4, -0.2) is 51.3 Å². The number of likely N-dealkylation sites (tertiary alicyclic amines) is 1. The van der Waals surface area contributed by atoms with Crippen LogP contribution in [0.2, 0.25) is 0 Å². The lowest BCUT2D eigenvalue weighted by molar-refractivity contribution is -0.0154. The zero-order valence-electron chi connectivity index (χ0n) is 11.1. The van der Waals surface area contributed by atoms with Crippen molar-refractivity contribution >= 4 is 0 Å². The number of nitrogens with zero attached hydrogens (tertiary/aromatic N) is 1. The second-order valence-electron chi connectivity index (χ2n) is 6.52. The van der Waals surface area contributed by atoms with Gasteiger partial charge in [-0.3, -0.25) is 0 Å². The minimum Gasteiger partial charge on any atom is -0.381 e. The average Bonchev–Trinajstić information content (AvgIpc) is 2.77. The summed E-state index contributed by atoms with van der Waals surface area (Å²) in [6.45, 7) is 7.07. The predicted octanol–water partition coefficient (Wildman–Crippen LogP) is 1.34. The lowest BCUT2D eigenvalue weighted by Gasteiger charge is -2.45. The third-order valence-corrected chi connectivity index (χ3v) is 5.25. The molecule has 3 aliphatic rings. The lowest BCUT2D eigenvalue weighted by atomic mass is 9.68. The van der Waals surface area contributed by atoms with Crippen molar-refractivity contribution in [3.8, 4) is 0 Å². The number of piperidine rings is 1. The van der Waals surface area contributed by atoms with Crippen LogP contribution in [-0.2, 0) is 4.74 Å². The first kappa shape index (κ1) is 11.9. The molecule has 1 spiro atoms. The van der Waals surface area contributed by atoms with Crippen molar-refractivity contribution in [1.29, 1.82) is 0 Å². The number of hydrogen-bond acceptors (Lipinski definition) is 3. The van der Waals surface area contributed by atoms with Crippen LogP contribution < -0.4 is 5.32 Å². The smallest absolute Gasteiger partial charge is 0.0471 e. The van der Waals surface area contributed by atoms with Crippen LogP contribution in [0.25, 0.3) is 0 Å². The Labute approximate surface area is 105 Å². The van der Waals surface area contributed by atoms with E-state index in [1.165, 1.54) is 51.9 Å². The molecule has 3 aliphatic heterocycles. The van der Waals surface area contributed by atoms with Crippen molar-refractivity contribution < 1.29 is 4.74 Å². The summed E-state index contributed by atoms with van der Waals surface area (Å²) in [4.78, 5) is 2.50. The molecule has 17 heavy (non-hydrogen) atoms. The van der Waals surface area contributed by atoms with Gasteiger partial charge < -0.3 is 15.0 Å². The molecule has 0 aromatic rings. The van der Waals surface area contributed by atoms with Gasteiger partial charge in [0.05, 0.1) is 0 Å². The van der Waals surface area contributed by atoms with Gasteiger partial charge in [-0.05, 0) is 63.1 Å². The van der Waals surface area contributed by atoms with Crippen LogP contribution in [0.15, 0.2) is 0 Å². The lowest BCUT2D eigenvalue weighted by Crippen LogP contribution is -2.49. The molecular formula is C14H26N2O. The Bertz CT molecular complexity index is 257. The zero-order chi connectivity index (χ0) is 11.7. The van der Waals surface area contributed by atoms with E-state index in [0.717, 1.165) is 25.0 Å². The summed E-state index contributed by atoms with van der Waals surface area (Å²) in [5, 5.41) is 3.71. The van der Waals surface area contributed by atoms with Crippen LogP contribution >= 0.6 is 0 Å². The molecule has 1 N–H and O–H groups in total. The fourth-order valence-electron chi connectivity index (χ4n) is 4.10. The molecule has 0 radical (unpaired) electrons. The zero-order valence-corrected chi connectivity index (χ0v) is 11.1. The molecule has 3 heterocycles. The van der Waals surface area contributed by atoms with Crippen LogP contribution in [0.5, 0.6) is 0 Å². The van der Waals surface area contributed by atoms with Crippen molar-refractivity contribution in [3.05, 3.63) is 0 Å². The molecular weight excluding hydrogens is 212 g/mol. The molecule has 2 unspecified atom stereocenters. The van der Waals surface area contributed by atoms with Gasteiger partial charge in [-0.15, -0.1) is 0 Å². The summed E-state index contributed by atoms with van der Waals surface area (Å²) >= 11 is 0. The molecule has 3 fully saturated rings. The summed E-state index contributed by atoms with van der Waals surface area (Å²) in [5.41, 5.74) is 0.572. The Morgan fingerprint density at radius 1 is 1.24 bits per heavy atom. The third-order valence-electron chi connectivity index (χ3n) is 5.25. The van der Waals surface area contributed by atoms with E-state index >= 15 is 0 Å². The largest absolute Gasteiger partial charge is 0.381 e. The highest BCUT2D eigenvalue weighted by Crippen LogP contribution is 2.42. The number of ether oxygens (including phenoxy) is 1. The number of nitrogens with one attached hydrogen (secondary N) is 1. The maximum atomic E-state index is 5.54. The highest BCUT2D eigenvalue weighted by Gasteiger charge is 2.40.